The molecule has 0 fully saturated rings. The molecule has 0 amide bonds. The van der Waals surface area contributed by atoms with Gasteiger partial charge in [-0.1, -0.05) is 12.1 Å². The molecular weight excluding hydrogens is 410 g/mol. The predicted molar refractivity (Wildman–Crippen MR) is 119 cm³/mol. The molecule has 0 aromatic carbocycles. The van der Waals surface area contributed by atoms with Gasteiger partial charge in [0, 0.05) is 42.9 Å². The molecule has 0 atom stereocenters. The molecule has 0 radical (unpaired) electrons. The molecule has 0 saturated carbocycles. The number of ether oxygens (including phenoxy) is 1. The Bertz CT molecular complexity index is 1250. The molecule has 0 spiro atoms. The summed E-state index contributed by atoms with van der Waals surface area (Å²) >= 11 is 0. The summed E-state index contributed by atoms with van der Waals surface area (Å²) in [5, 5.41) is 7.09. The van der Waals surface area contributed by atoms with Crippen LogP contribution >= 0.6 is 0 Å². The van der Waals surface area contributed by atoms with Crippen molar-refractivity contribution in [2.24, 2.45) is 0 Å². The van der Waals surface area contributed by atoms with E-state index < -0.39 is 0 Å². The number of nitrogens with one attached hydrogen (secondary N) is 1. The zero-order valence-corrected chi connectivity index (χ0v) is 18.3. The Morgan fingerprint density at radius 3 is 2.75 bits per heavy atom. The SMILES string of the molecule is CCCOCCn1c(=O)c(NCc2cnccn2)nc2ncc(-c3c(C)noc3C)cc21. The van der Waals surface area contributed by atoms with E-state index in [-0.39, 0.29) is 11.4 Å². The molecule has 32 heavy (non-hydrogen) atoms. The first kappa shape index (κ1) is 21.6. The first-order chi connectivity index (χ1) is 15.6. The molecule has 0 bridgehead atoms. The molecular formula is C22H25N7O3. The van der Waals surface area contributed by atoms with Crippen molar-refractivity contribution in [1.29, 1.82) is 0 Å². The van der Waals surface area contributed by atoms with Crippen molar-refractivity contribution in [3.8, 4) is 11.1 Å². The maximum atomic E-state index is 13.3. The molecule has 0 unspecified atom stereocenters. The third kappa shape index (κ3) is 4.50. The van der Waals surface area contributed by atoms with Gasteiger partial charge in [-0.15, -0.1) is 0 Å². The van der Waals surface area contributed by atoms with Crippen molar-refractivity contribution < 1.29 is 9.26 Å². The highest BCUT2D eigenvalue weighted by Gasteiger charge is 2.17. The van der Waals surface area contributed by atoms with E-state index in [4.69, 9.17) is 9.26 Å². The third-order valence-electron chi connectivity index (χ3n) is 4.99. The zero-order valence-electron chi connectivity index (χ0n) is 18.3. The zero-order chi connectivity index (χ0) is 22.5. The Morgan fingerprint density at radius 2 is 2.03 bits per heavy atom. The average Bonchev–Trinajstić information content (AvgIpc) is 3.15. The molecule has 4 rings (SSSR count). The average molecular weight is 435 g/mol. The summed E-state index contributed by atoms with van der Waals surface area (Å²) in [5.41, 5.74) is 3.98. The van der Waals surface area contributed by atoms with Crippen LogP contribution in [0.4, 0.5) is 5.82 Å². The van der Waals surface area contributed by atoms with E-state index in [1.54, 1.807) is 29.4 Å². The number of nitrogens with zero attached hydrogens (tertiary/aromatic N) is 6. The van der Waals surface area contributed by atoms with Crippen LogP contribution in [-0.2, 0) is 17.8 Å². The number of aryl methyl sites for hydroxylation is 2. The molecule has 10 heteroatoms. The lowest BCUT2D eigenvalue weighted by Crippen LogP contribution is -2.27. The van der Waals surface area contributed by atoms with E-state index in [0.717, 1.165) is 23.2 Å². The lowest BCUT2D eigenvalue weighted by Gasteiger charge is -2.14. The fourth-order valence-electron chi connectivity index (χ4n) is 3.49. The highest BCUT2D eigenvalue weighted by atomic mass is 16.5. The number of hydrogen-bond acceptors (Lipinski definition) is 9. The topological polar surface area (TPSA) is 121 Å². The van der Waals surface area contributed by atoms with Crippen molar-refractivity contribution in [3.05, 3.63) is 58.4 Å². The fraction of sp³-hybridized carbons (Fsp3) is 0.364. The summed E-state index contributed by atoms with van der Waals surface area (Å²) < 4.78 is 12.6. The number of anilines is 1. The van der Waals surface area contributed by atoms with Crippen molar-refractivity contribution >= 4 is 17.0 Å². The fourth-order valence-corrected chi connectivity index (χ4v) is 3.49. The minimum atomic E-state index is -0.251. The minimum absolute atomic E-state index is 0.205. The van der Waals surface area contributed by atoms with Crippen LogP contribution in [-0.4, -0.2) is 42.9 Å². The molecule has 0 aliphatic carbocycles. The van der Waals surface area contributed by atoms with Crippen LogP contribution in [0.2, 0.25) is 0 Å². The summed E-state index contributed by atoms with van der Waals surface area (Å²) in [6.45, 7) is 7.52. The van der Waals surface area contributed by atoms with Crippen molar-refractivity contribution in [2.75, 3.05) is 18.5 Å². The Labute approximate surface area is 184 Å². The van der Waals surface area contributed by atoms with Crippen LogP contribution in [0, 0.1) is 13.8 Å². The van der Waals surface area contributed by atoms with Gasteiger partial charge in [0.25, 0.3) is 5.56 Å². The molecule has 1 N–H and O–H groups in total. The molecule has 4 heterocycles. The lowest BCUT2D eigenvalue weighted by molar-refractivity contribution is 0.127. The molecule has 10 nitrogen and oxygen atoms in total. The first-order valence-electron chi connectivity index (χ1n) is 10.5. The number of rotatable bonds is 9. The van der Waals surface area contributed by atoms with Crippen molar-refractivity contribution in [2.45, 2.75) is 40.3 Å². The first-order valence-corrected chi connectivity index (χ1v) is 10.5. The molecule has 4 aromatic heterocycles. The van der Waals surface area contributed by atoms with Crippen LogP contribution < -0.4 is 10.9 Å². The lowest BCUT2D eigenvalue weighted by atomic mass is 10.1. The third-order valence-corrected chi connectivity index (χ3v) is 4.99. The van der Waals surface area contributed by atoms with Gasteiger partial charge < -0.3 is 14.6 Å². The van der Waals surface area contributed by atoms with E-state index in [1.807, 2.05) is 26.8 Å². The second-order valence-electron chi connectivity index (χ2n) is 7.35. The van der Waals surface area contributed by atoms with E-state index in [1.165, 1.54) is 0 Å². The Hall–Kier alpha value is -3.66. The summed E-state index contributed by atoms with van der Waals surface area (Å²) in [6.07, 6.45) is 7.47. The van der Waals surface area contributed by atoms with E-state index in [9.17, 15) is 4.79 Å². The Morgan fingerprint density at radius 1 is 1.16 bits per heavy atom. The quantitative estimate of drug-likeness (QED) is 0.396. The standard InChI is InChI=1S/C22H25N7O3/c1-4-8-31-9-7-29-18-10-16(19-14(2)28-32-15(19)3)11-25-20(18)27-21(22(29)30)26-13-17-12-23-5-6-24-17/h5-6,10-12H,4,7-9,13H2,1-3H3,(H,25,26,27). The van der Waals surface area contributed by atoms with Gasteiger partial charge in [0.2, 0.25) is 0 Å². The van der Waals surface area contributed by atoms with E-state index >= 15 is 0 Å². The Kier molecular flexibility index (Phi) is 6.50. The number of fused-ring (bicyclic) bond motifs is 1. The maximum absolute atomic E-state index is 13.3. The van der Waals surface area contributed by atoms with Crippen LogP contribution in [0.25, 0.3) is 22.3 Å². The normalized spacial score (nSPS) is 11.2. The molecule has 0 aliphatic rings. The van der Waals surface area contributed by atoms with Gasteiger partial charge in [-0.05, 0) is 26.3 Å². The smallest absolute Gasteiger partial charge is 0.293 e. The van der Waals surface area contributed by atoms with Gasteiger partial charge in [-0.25, -0.2) is 9.97 Å². The van der Waals surface area contributed by atoms with Gasteiger partial charge >= 0.3 is 0 Å². The van der Waals surface area contributed by atoms with Gasteiger partial charge in [-0.2, -0.15) is 0 Å². The van der Waals surface area contributed by atoms with Gasteiger partial charge in [0.1, 0.15) is 5.76 Å². The van der Waals surface area contributed by atoms with E-state index in [2.05, 4.69) is 30.4 Å². The predicted octanol–water partition coefficient (Wildman–Crippen LogP) is 2.89. The van der Waals surface area contributed by atoms with Crippen LogP contribution in [0.5, 0.6) is 0 Å². The second-order valence-corrected chi connectivity index (χ2v) is 7.35. The van der Waals surface area contributed by atoms with Gasteiger partial charge in [-0.3, -0.25) is 19.3 Å². The molecule has 4 aromatic rings. The maximum Gasteiger partial charge on any atom is 0.293 e. The highest BCUT2D eigenvalue weighted by molar-refractivity contribution is 5.80. The summed E-state index contributed by atoms with van der Waals surface area (Å²) in [6, 6.07) is 1.90. The van der Waals surface area contributed by atoms with Crippen LogP contribution in [0.1, 0.15) is 30.5 Å². The van der Waals surface area contributed by atoms with Crippen molar-refractivity contribution in [3.63, 3.8) is 0 Å². The van der Waals surface area contributed by atoms with Crippen molar-refractivity contribution in [1.82, 2.24) is 29.7 Å². The second kappa shape index (κ2) is 9.65. The number of pyridine rings is 1. The van der Waals surface area contributed by atoms with Crippen LogP contribution in [0.15, 0.2) is 40.2 Å². The van der Waals surface area contributed by atoms with Crippen LogP contribution in [0.3, 0.4) is 0 Å². The summed E-state index contributed by atoms with van der Waals surface area (Å²) in [7, 11) is 0. The number of aromatic nitrogens is 6. The van der Waals surface area contributed by atoms with Gasteiger partial charge in [0.15, 0.2) is 11.5 Å². The largest absolute Gasteiger partial charge is 0.380 e. The van der Waals surface area contributed by atoms with E-state index in [0.29, 0.717) is 48.9 Å². The molecule has 0 aliphatic heterocycles. The van der Waals surface area contributed by atoms with Gasteiger partial charge in [0.05, 0.1) is 36.3 Å². The molecule has 166 valence electrons. The summed E-state index contributed by atoms with van der Waals surface area (Å²) in [5.74, 6) is 0.898. The minimum Gasteiger partial charge on any atom is -0.380 e. The monoisotopic (exact) mass is 435 g/mol. The Balaban J connectivity index is 1.75. The molecule has 0 saturated heterocycles. The number of hydrogen-bond donors (Lipinski definition) is 1. The summed E-state index contributed by atoms with van der Waals surface area (Å²) in [4.78, 5) is 30.6. The highest BCUT2D eigenvalue weighted by Crippen LogP contribution is 2.28.